The van der Waals surface area contributed by atoms with Crippen LogP contribution in [-0.4, -0.2) is 25.6 Å². The second-order valence-electron chi connectivity index (χ2n) is 4.62. The molecule has 1 aliphatic heterocycles. The van der Waals surface area contributed by atoms with Crippen molar-refractivity contribution in [3.63, 3.8) is 0 Å². The van der Waals surface area contributed by atoms with E-state index in [1.165, 1.54) is 11.4 Å². The number of hydrogen-bond donors (Lipinski definition) is 2. The van der Waals surface area contributed by atoms with E-state index < -0.39 is 0 Å². The number of aromatic hydroxyl groups is 2. The molecule has 0 bridgehead atoms. The number of carbonyl (C=O) groups is 1. The van der Waals surface area contributed by atoms with Gasteiger partial charge in [0.15, 0.2) is 5.78 Å². The molecule has 0 saturated carbocycles. The monoisotopic (exact) mass is 302 g/mol. The molecule has 0 radical (unpaired) electrons. The second kappa shape index (κ2) is 5.06. The first kappa shape index (κ1) is 13.4. The van der Waals surface area contributed by atoms with Gasteiger partial charge >= 0.3 is 0 Å². The van der Waals surface area contributed by atoms with Gasteiger partial charge in [-0.1, -0.05) is 6.07 Å². The zero-order valence-corrected chi connectivity index (χ0v) is 11.5. The van der Waals surface area contributed by atoms with E-state index in [2.05, 4.69) is 0 Å². The smallest absolute Gasteiger partial charge is 0.174 e. The Morgan fingerprint density at radius 3 is 2.71 bits per heavy atom. The molecule has 0 unspecified atom stereocenters. The van der Waals surface area contributed by atoms with Gasteiger partial charge in [-0.2, -0.15) is 0 Å². The normalized spacial score (nSPS) is 12.7. The zero-order chi connectivity index (χ0) is 15.0. The van der Waals surface area contributed by atoms with Crippen molar-refractivity contribution in [2.45, 2.75) is 6.42 Å². The fourth-order valence-electron chi connectivity index (χ4n) is 2.29. The Morgan fingerprint density at radius 2 is 1.95 bits per heavy atom. The van der Waals surface area contributed by atoms with Crippen LogP contribution in [0.25, 0.3) is 0 Å². The molecule has 2 aromatic carbocycles. The molecule has 1 aliphatic rings. The third-order valence-corrected chi connectivity index (χ3v) is 3.55. The summed E-state index contributed by atoms with van der Waals surface area (Å²) in [7, 11) is 0. The van der Waals surface area contributed by atoms with Crippen molar-refractivity contribution >= 4 is 22.4 Å². The Balaban J connectivity index is 2.16. The van der Waals surface area contributed by atoms with Crippen LogP contribution in [0.5, 0.6) is 23.0 Å². The number of fused-ring (bicyclic) bond motifs is 2. The van der Waals surface area contributed by atoms with Gasteiger partial charge < -0.3 is 14.9 Å². The third kappa shape index (κ3) is 2.41. The largest absolute Gasteiger partial charge is 0.508 e. The molecule has 2 N–H and O–H groups in total. The Labute approximate surface area is 123 Å². The molecule has 0 aliphatic carbocycles. The van der Waals surface area contributed by atoms with Crippen LogP contribution in [0.15, 0.2) is 30.3 Å². The van der Waals surface area contributed by atoms with Gasteiger partial charge in [0.1, 0.15) is 28.6 Å². The van der Waals surface area contributed by atoms with Crippen LogP contribution in [0, 0.1) is 0 Å². The van der Waals surface area contributed by atoms with E-state index in [0.717, 1.165) is 6.07 Å². The highest BCUT2D eigenvalue weighted by molar-refractivity contribution is 7.65. The number of hydrogen-bond acceptors (Lipinski definition) is 5. The molecule has 3 rings (SSSR count). The summed E-state index contributed by atoms with van der Waals surface area (Å²) >= 11 is 0.329. The highest BCUT2D eigenvalue weighted by atomic mass is 32.1. The quantitative estimate of drug-likeness (QED) is 0.787. The average molecular weight is 302 g/mol. The van der Waals surface area contributed by atoms with Gasteiger partial charge in [0, 0.05) is 29.5 Å². The minimum atomic E-state index is -0.315. The van der Waals surface area contributed by atoms with Crippen LogP contribution in [-0.2, 0) is 17.7 Å². The van der Waals surface area contributed by atoms with E-state index in [4.69, 9.17) is 4.74 Å². The summed E-state index contributed by atoms with van der Waals surface area (Å²) in [5.41, 5.74) is 1.36. The van der Waals surface area contributed by atoms with Crippen molar-refractivity contribution in [3.05, 3.63) is 47.0 Å². The molecule has 1 heterocycles. The molecule has 0 atom stereocenters. The number of carbonyl (C=O) groups excluding carboxylic acids is 1. The van der Waals surface area contributed by atoms with E-state index >= 15 is 0 Å². The number of ether oxygens (including phenoxy) is 1. The van der Waals surface area contributed by atoms with Gasteiger partial charge in [-0.15, -0.1) is 0 Å². The van der Waals surface area contributed by atoms with E-state index in [1.54, 1.807) is 18.2 Å². The Hall–Kier alpha value is -2.60. The number of rotatable bonds is 1. The molecule has 0 fully saturated rings. The lowest BCUT2D eigenvalue weighted by Crippen LogP contribution is -2.02. The molecule has 5 nitrogen and oxygen atoms in total. The minimum Gasteiger partial charge on any atom is -0.508 e. The number of Topliss-reactive ketones (excluding diaryl/α,β-unsaturated/α-hetero) is 1. The molecule has 21 heavy (non-hydrogen) atoms. The van der Waals surface area contributed by atoms with Gasteiger partial charge in [0.25, 0.3) is 0 Å². The first-order valence-corrected chi connectivity index (χ1v) is 6.91. The topological polar surface area (TPSA) is 83.8 Å². The third-order valence-electron chi connectivity index (χ3n) is 3.18. The van der Waals surface area contributed by atoms with Gasteiger partial charge in [-0.3, -0.25) is 4.79 Å². The van der Waals surface area contributed by atoms with Crippen LogP contribution < -0.4 is 4.74 Å². The van der Waals surface area contributed by atoms with E-state index in [-0.39, 0.29) is 35.0 Å². The molecule has 0 saturated heterocycles. The second-order valence-corrected chi connectivity index (χ2v) is 5.05. The molecule has 0 amide bonds. The van der Waals surface area contributed by atoms with Crippen LogP contribution in [0.3, 0.4) is 0 Å². The highest BCUT2D eigenvalue weighted by Gasteiger charge is 2.25. The van der Waals surface area contributed by atoms with Crippen LogP contribution in [0.2, 0.25) is 0 Å². The Morgan fingerprint density at radius 1 is 1.14 bits per heavy atom. The lowest BCUT2D eigenvalue weighted by atomic mass is 10.0. The van der Waals surface area contributed by atoms with Gasteiger partial charge in [-0.05, 0) is 17.7 Å². The summed E-state index contributed by atoms with van der Waals surface area (Å²) in [4.78, 5) is 12.3. The lowest BCUT2D eigenvalue weighted by molar-refractivity contribution is 0.0991. The predicted octanol–water partition coefficient (Wildman–Crippen LogP) is 1.99. The zero-order valence-electron chi connectivity index (χ0n) is 10.7. The Kier molecular flexibility index (Phi) is 3.23. The Bertz CT molecular complexity index is 806. The standard InChI is InChI=1S/C15H10O5S/c16-10-5-12(18)15-11(17)4-9-3-8(7-21-19)1-2-13(9)20-14(15)6-10/h1-3,5-7,16,18H,4H2. The number of benzene rings is 2. The summed E-state index contributed by atoms with van der Waals surface area (Å²) in [6.45, 7) is 0. The summed E-state index contributed by atoms with van der Waals surface area (Å²) < 4.78 is 16.2. The fraction of sp³-hybridized carbons (Fsp3) is 0.0667. The van der Waals surface area contributed by atoms with Gasteiger partial charge in [0.05, 0.1) is 11.3 Å². The molecule has 0 aromatic heterocycles. The van der Waals surface area contributed by atoms with Crippen molar-refractivity contribution in [2.24, 2.45) is 0 Å². The summed E-state index contributed by atoms with van der Waals surface area (Å²) in [5.74, 6) is -0.237. The summed E-state index contributed by atoms with van der Waals surface area (Å²) in [6.07, 6.45) is 0.0475. The molecular formula is C15H10O5S. The van der Waals surface area contributed by atoms with Gasteiger partial charge in [0.2, 0.25) is 0 Å². The van der Waals surface area contributed by atoms with Crippen LogP contribution >= 0.6 is 0 Å². The molecule has 6 heteroatoms. The van der Waals surface area contributed by atoms with Crippen molar-refractivity contribution in [3.8, 4) is 23.0 Å². The molecule has 0 spiro atoms. The van der Waals surface area contributed by atoms with Crippen LogP contribution in [0.1, 0.15) is 21.5 Å². The number of ketones is 1. The number of phenols is 2. The molecular weight excluding hydrogens is 292 g/mol. The minimum absolute atomic E-state index is 0.0475. The summed E-state index contributed by atoms with van der Waals surface area (Å²) in [5, 5.41) is 20.8. The number of phenolic OH excluding ortho intramolecular Hbond substituents is 2. The molecule has 106 valence electrons. The van der Waals surface area contributed by atoms with Crippen molar-refractivity contribution in [1.82, 2.24) is 0 Å². The van der Waals surface area contributed by atoms with E-state index in [9.17, 15) is 19.2 Å². The van der Waals surface area contributed by atoms with Gasteiger partial charge in [-0.25, -0.2) is 4.21 Å². The maximum Gasteiger partial charge on any atom is 0.174 e. The highest BCUT2D eigenvalue weighted by Crippen LogP contribution is 2.40. The fourth-order valence-corrected chi connectivity index (χ4v) is 2.55. The molecule has 2 aromatic rings. The summed E-state index contributed by atoms with van der Waals surface area (Å²) in [6, 6.07) is 7.43. The first-order chi connectivity index (χ1) is 10.1. The van der Waals surface area contributed by atoms with Crippen molar-refractivity contribution in [1.29, 1.82) is 0 Å². The SMILES string of the molecule is O=S=Cc1ccc2c(c1)CC(=O)c1c(O)cc(O)cc1O2. The maximum atomic E-state index is 12.3. The maximum absolute atomic E-state index is 12.3. The lowest BCUT2D eigenvalue weighted by Gasteiger charge is -2.09. The van der Waals surface area contributed by atoms with E-state index in [0.29, 0.717) is 28.1 Å². The van der Waals surface area contributed by atoms with Crippen LogP contribution in [0.4, 0.5) is 0 Å². The average Bonchev–Trinajstić information content (AvgIpc) is 2.54. The first-order valence-electron chi connectivity index (χ1n) is 6.10. The van der Waals surface area contributed by atoms with Crippen molar-refractivity contribution < 1.29 is 24.0 Å². The van der Waals surface area contributed by atoms with Crippen molar-refractivity contribution in [2.75, 3.05) is 0 Å². The van der Waals surface area contributed by atoms with E-state index in [1.807, 2.05) is 0 Å². The predicted molar refractivity (Wildman–Crippen MR) is 77.6 cm³/mol.